The van der Waals surface area contributed by atoms with Crippen LogP contribution in [-0.4, -0.2) is 9.78 Å². The second-order valence-corrected chi connectivity index (χ2v) is 4.70. The van der Waals surface area contributed by atoms with Gasteiger partial charge >= 0.3 is 0 Å². The van der Waals surface area contributed by atoms with E-state index in [0.717, 1.165) is 21.4 Å². The van der Waals surface area contributed by atoms with E-state index in [1.54, 1.807) is 16.8 Å². The Morgan fingerprint density at radius 2 is 2.12 bits per heavy atom. The topological polar surface area (TPSA) is 17.8 Å². The van der Waals surface area contributed by atoms with Crippen LogP contribution in [0.4, 0.5) is 4.39 Å². The number of nitrogens with zero attached hydrogens (tertiary/aromatic N) is 2. The number of halogens is 3. The molecule has 5 heteroatoms. The van der Waals surface area contributed by atoms with Crippen molar-refractivity contribution in [1.82, 2.24) is 9.78 Å². The Labute approximate surface area is 106 Å². The van der Waals surface area contributed by atoms with Gasteiger partial charge in [0.15, 0.2) is 0 Å². The molecule has 0 saturated carbocycles. The van der Waals surface area contributed by atoms with Gasteiger partial charge in [0.1, 0.15) is 11.5 Å². The Balaban J connectivity index is 2.59. The molecule has 0 aliphatic carbocycles. The van der Waals surface area contributed by atoms with Gasteiger partial charge in [-0.3, -0.25) is 4.68 Å². The van der Waals surface area contributed by atoms with Crippen LogP contribution in [0.3, 0.4) is 0 Å². The first kappa shape index (κ1) is 11.6. The van der Waals surface area contributed by atoms with Crippen LogP contribution >= 0.6 is 27.5 Å². The second-order valence-electron chi connectivity index (χ2n) is 3.50. The molecule has 0 amide bonds. The Kier molecular flexibility index (Phi) is 3.04. The molecule has 0 aliphatic rings. The molecule has 0 fully saturated rings. The largest absolute Gasteiger partial charge is 0.271 e. The van der Waals surface area contributed by atoms with E-state index >= 15 is 0 Å². The van der Waals surface area contributed by atoms with Crippen molar-refractivity contribution >= 4 is 27.5 Å². The third-order valence-corrected chi connectivity index (χ3v) is 3.69. The maximum Gasteiger partial charge on any atom is 0.141 e. The van der Waals surface area contributed by atoms with Crippen LogP contribution in [-0.2, 0) is 7.05 Å². The van der Waals surface area contributed by atoms with Crippen LogP contribution in [0.2, 0.25) is 5.02 Å². The van der Waals surface area contributed by atoms with Crippen molar-refractivity contribution < 1.29 is 4.39 Å². The highest BCUT2D eigenvalue weighted by Gasteiger charge is 2.13. The number of aromatic nitrogens is 2. The molecule has 84 valence electrons. The molecule has 1 heterocycles. The van der Waals surface area contributed by atoms with Crippen molar-refractivity contribution in [1.29, 1.82) is 0 Å². The molecular formula is C11H9BrClFN2. The van der Waals surface area contributed by atoms with Gasteiger partial charge in [-0.1, -0.05) is 11.6 Å². The molecule has 0 atom stereocenters. The zero-order chi connectivity index (χ0) is 11.9. The number of rotatable bonds is 1. The van der Waals surface area contributed by atoms with E-state index in [1.165, 1.54) is 6.07 Å². The summed E-state index contributed by atoms with van der Waals surface area (Å²) in [6.45, 7) is 1.95. The van der Waals surface area contributed by atoms with E-state index in [9.17, 15) is 4.39 Å². The lowest BCUT2D eigenvalue weighted by Gasteiger charge is -1.99. The highest BCUT2D eigenvalue weighted by molar-refractivity contribution is 9.10. The molecule has 2 aromatic rings. The Morgan fingerprint density at radius 3 is 2.62 bits per heavy atom. The zero-order valence-corrected chi connectivity index (χ0v) is 11.1. The molecule has 2 nitrogen and oxygen atoms in total. The zero-order valence-electron chi connectivity index (χ0n) is 8.76. The van der Waals surface area contributed by atoms with Crippen molar-refractivity contribution in [2.45, 2.75) is 6.92 Å². The van der Waals surface area contributed by atoms with Crippen LogP contribution in [0.15, 0.2) is 22.7 Å². The monoisotopic (exact) mass is 302 g/mol. The molecular weight excluding hydrogens is 294 g/mol. The van der Waals surface area contributed by atoms with Gasteiger partial charge in [-0.05, 0) is 41.1 Å². The van der Waals surface area contributed by atoms with Gasteiger partial charge in [0, 0.05) is 18.3 Å². The summed E-state index contributed by atoms with van der Waals surface area (Å²) < 4.78 is 15.7. The summed E-state index contributed by atoms with van der Waals surface area (Å²) in [5.41, 5.74) is 2.57. The van der Waals surface area contributed by atoms with Crippen molar-refractivity contribution in [3.8, 4) is 11.3 Å². The molecule has 0 bridgehead atoms. The average molecular weight is 304 g/mol. The summed E-state index contributed by atoms with van der Waals surface area (Å²) in [5, 5.41) is 4.44. The van der Waals surface area contributed by atoms with E-state index < -0.39 is 5.82 Å². The lowest BCUT2D eigenvalue weighted by Crippen LogP contribution is -1.92. The second kappa shape index (κ2) is 4.18. The maximum absolute atomic E-state index is 13.0. The molecule has 0 unspecified atom stereocenters. The first-order valence-electron chi connectivity index (χ1n) is 4.65. The third kappa shape index (κ3) is 1.87. The molecule has 16 heavy (non-hydrogen) atoms. The first-order valence-corrected chi connectivity index (χ1v) is 5.82. The van der Waals surface area contributed by atoms with E-state index in [0.29, 0.717) is 0 Å². The van der Waals surface area contributed by atoms with Crippen LogP contribution in [0.5, 0.6) is 0 Å². The lowest BCUT2D eigenvalue weighted by atomic mass is 10.1. The maximum atomic E-state index is 13.0. The van der Waals surface area contributed by atoms with E-state index in [1.807, 2.05) is 14.0 Å². The first-order chi connectivity index (χ1) is 7.50. The summed E-state index contributed by atoms with van der Waals surface area (Å²) in [7, 11) is 1.86. The summed E-state index contributed by atoms with van der Waals surface area (Å²) in [5.74, 6) is -0.422. The fraction of sp³-hybridized carbons (Fsp3) is 0.182. The smallest absolute Gasteiger partial charge is 0.141 e. The van der Waals surface area contributed by atoms with Crippen molar-refractivity contribution in [3.63, 3.8) is 0 Å². The fourth-order valence-electron chi connectivity index (χ4n) is 1.41. The number of hydrogen-bond donors (Lipinski definition) is 0. The molecule has 2 rings (SSSR count). The number of benzene rings is 1. The van der Waals surface area contributed by atoms with E-state index in [4.69, 9.17) is 11.6 Å². The summed E-state index contributed by atoms with van der Waals surface area (Å²) in [4.78, 5) is 0. The predicted octanol–water partition coefficient (Wildman–Crippen LogP) is 3.95. The quantitative estimate of drug-likeness (QED) is 0.780. The van der Waals surface area contributed by atoms with E-state index in [-0.39, 0.29) is 5.02 Å². The highest BCUT2D eigenvalue weighted by Crippen LogP contribution is 2.31. The standard InChI is InChI=1S/C11H9BrClFN2/c1-6-10(12)11(15-16(6)2)7-3-4-9(14)8(13)5-7/h3-5H,1-2H3. The van der Waals surface area contributed by atoms with Crippen LogP contribution < -0.4 is 0 Å². The van der Waals surface area contributed by atoms with Crippen molar-refractivity contribution in [3.05, 3.63) is 39.2 Å². The van der Waals surface area contributed by atoms with Crippen LogP contribution in [0.25, 0.3) is 11.3 Å². The average Bonchev–Trinajstić information content (AvgIpc) is 2.50. The highest BCUT2D eigenvalue weighted by atomic mass is 79.9. The molecule has 0 spiro atoms. The minimum atomic E-state index is -0.422. The minimum absolute atomic E-state index is 0.104. The molecule has 1 aromatic carbocycles. The molecule has 0 N–H and O–H groups in total. The fourth-order valence-corrected chi connectivity index (χ4v) is 2.16. The Morgan fingerprint density at radius 1 is 1.44 bits per heavy atom. The molecule has 0 saturated heterocycles. The predicted molar refractivity (Wildman–Crippen MR) is 66.0 cm³/mol. The van der Waals surface area contributed by atoms with Gasteiger partial charge in [0.25, 0.3) is 0 Å². The normalized spacial score (nSPS) is 10.8. The van der Waals surface area contributed by atoms with Gasteiger partial charge in [0.2, 0.25) is 0 Å². The molecule has 0 radical (unpaired) electrons. The Bertz CT molecular complexity index is 551. The summed E-state index contributed by atoms with van der Waals surface area (Å²) in [6.07, 6.45) is 0. The number of aryl methyl sites for hydroxylation is 1. The third-order valence-electron chi connectivity index (χ3n) is 2.45. The SMILES string of the molecule is Cc1c(Br)c(-c2ccc(F)c(Cl)c2)nn1C. The van der Waals surface area contributed by atoms with Gasteiger partial charge in [-0.2, -0.15) is 5.10 Å². The van der Waals surface area contributed by atoms with E-state index in [2.05, 4.69) is 21.0 Å². The van der Waals surface area contributed by atoms with Crippen LogP contribution in [0, 0.1) is 12.7 Å². The summed E-state index contributed by atoms with van der Waals surface area (Å²) >= 11 is 9.20. The van der Waals surface area contributed by atoms with Crippen molar-refractivity contribution in [2.75, 3.05) is 0 Å². The molecule has 1 aromatic heterocycles. The van der Waals surface area contributed by atoms with Crippen molar-refractivity contribution in [2.24, 2.45) is 7.05 Å². The van der Waals surface area contributed by atoms with Gasteiger partial charge < -0.3 is 0 Å². The van der Waals surface area contributed by atoms with Gasteiger partial charge in [-0.15, -0.1) is 0 Å². The van der Waals surface area contributed by atoms with Gasteiger partial charge in [0.05, 0.1) is 9.50 Å². The Hall–Kier alpha value is -0.870. The number of hydrogen-bond acceptors (Lipinski definition) is 1. The summed E-state index contributed by atoms with van der Waals surface area (Å²) in [6, 6.07) is 4.57. The molecule has 0 aliphatic heterocycles. The van der Waals surface area contributed by atoms with Gasteiger partial charge in [-0.25, -0.2) is 4.39 Å². The van der Waals surface area contributed by atoms with Crippen LogP contribution in [0.1, 0.15) is 5.69 Å². The minimum Gasteiger partial charge on any atom is -0.271 e. The lowest BCUT2D eigenvalue weighted by molar-refractivity contribution is 0.628.